The number of para-hydroxylation sites is 1. The second-order valence-electron chi connectivity index (χ2n) is 6.10. The van der Waals surface area contributed by atoms with Crippen molar-refractivity contribution in [2.24, 2.45) is 0 Å². The lowest BCUT2D eigenvalue weighted by Crippen LogP contribution is -2.44. The van der Waals surface area contributed by atoms with E-state index in [-0.39, 0.29) is 11.1 Å². The molecule has 0 saturated carbocycles. The highest BCUT2D eigenvalue weighted by Crippen LogP contribution is 2.24. The van der Waals surface area contributed by atoms with Crippen molar-refractivity contribution in [1.82, 2.24) is 4.90 Å². The standard InChI is InChI=1S/C20H18N2O5/c1-13(22-18(24)15-10-6-7-11-16(15)19(22)25)20(26)27-12-17(23)21(2)14-8-4-3-5-9-14/h3-11,13H,12H2,1-2H3. The van der Waals surface area contributed by atoms with E-state index >= 15 is 0 Å². The fraction of sp³-hybridized carbons (Fsp3) is 0.200. The fourth-order valence-corrected chi connectivity index (χ4v) is 2.81. The van der Waals surface area contributed by atoms with Gasteiger partial charge in [0.2, 0.25) is 0 Å². The normalized spacial score (nSPS) is 13.9. The molecule has 0 fully saturated rings. The van der Waals surface area contributed by atoms with E-state index in [0.717, 1.165) is 4.90 Å². The van der Waals surface area contributed by atoms with Gasteiger partial charge in [0.1, 0.15) is 6.04 Å². The molecule has 7 nitrogen and oxygen atoms in total. The van der Waals surface area contributed by atoms with E-state index in [2.05, 4.69) is 0 Å². The third-order valence-corrected chi connectivity index (χ3v) is 4.41. The number of hydrogen-bond donors (Lipinski definition) is 0. The maximum atomic E-state index is 12.4. The molecular formula is C20H18N2O5. The van der Waals surface area contributed by atoms with Gasteiger partial charge in [0.05, 0.1) is 11.1 Å². The summed E-state index contributed by atoms with van der Waals surface area (Å²) in [5, 5.41) is 0. The molecule has 0 aromatic heterocycles. The van der Waals surface area contributed by atoms with E-state index in [9.17, 15) is 19.2 Å². The Morgan fingerprint density at radius 3 is 2.04 bits per heavy atom. The smallest absolute Gasteiger partial charge is 0.329 e. The van der Waals surface area contributed by atoms with Gasteiger partial charge in [-0.1, -0.05) is 30.3 Å². The maximum Gasteiger partial charge on any atom is 0.329 e. The summed E-state index contributed by atoms with van der Waals surface area (Å²) in [6, 6.07) is 14.1. The largest absolute Gasteiger partial charge is 0.454 e. The first-order valence-electron chi connectivity index (χ1n) is 8.37. The second-order valence-corrected chi connectivity index (χ2v) is 6.10. The van der Waals surface area contributed by atoms with Crippen molar-refractivity contribution in [3.8, 4) is 0 Å². The number of likely N-dealkylation sites (N-methyl/N-ethyl adjacent to an activating group) is 1. The van der Waals surface area contributed by atoms with Gasteiger partial charge in [0.25, 0.3) is 17.7 Å². The van der Waals surface area contributed by atoms with Crippen LogP contribution in [0, 0.1) is 0 Å². The summed E-state index contributed by atoms with van der Waals surface area (Å²) < 4.78 is 5.04. The van der Waals surface area contributed by atoms with E-state index in [1.807, 2.05) is 6.07 Å². The van der Waals surface area contributed by atoms with Gasteiger partial charge in [0.15, 0.2) is 6.61 Å². The lowest BCUT2D eigenvalue weighted by Gasteiger charge is -2.22. The average Bonchev–Trinajstić information content (AvgIpc) is 2.96. The van der Waals surface area contributed by atoms with Gasteiger partial charge in [0, 0.05) is 12.7 Å². The molecule has 0 spiro atoms. The van der Waals surface area contributed by atoms with Crippen molar-refractivity contribution in [2.75, 3.05) is 18.6 Å². The van der Waals surface area contributed by atoms with E-state index in [1.165, 1.54) is 24.0 Å². The molecule has 7 heteroatoms. The van der Waals surface area contributed by atoms with Crippen molar-refractivity contribution in [3.63, 3.8) is 0 Å². The lowest BCUT2D eigenvalue weighted by molar-refractivity contribution is -0.151. The molecule has 0 saturated heterocycles. The number of anilines is 1. The van der Waals surface area contributed by atoms with Crippen molar-refractivity contribution < 1.29 is 23.9 Å². The SMILES string of the molecule is CC(C(=O)OCC(=O)N(C)c1ccccc1)N1C(=O)c2ccccc2C1=O. The van der Waals surface area contributed by atoms with Crippen LogP contribution in [0.3, 0.4) is 0 Å². The van der Waals surface area contributed by atoms with Crippen molar-refractivity contribution >= 4 is 29.4 Å². The van der Waals surface area contributed by atoms with Gasteiger partial charge in [-0.2, -0.15) is 0 Å². The first kappa shape index (κ1) is 18.3. The molecule has 2 aromatic carbocycles. The third kappa shape index (κ3) is 3.44. The molecule has 0 aliphatic carbocycles. The Morgan fingerprint density at radius 1 is 0.963 bits per heavy atom. The van der Waals surface area contributed by atoms with Crippen LogP contribution in [0.25, 0.3) is 0 Å². The van der Waals surface area contributed by atoms with Gasteiger partial charge in [-0.15, -0.1) is 0 Å². The fourth-order valence-electron chi connectivity index (χ4n) is 2.81. The number of imide groups is 1. The summed E-state index contributed by atoms with van der Waals surface area (Å²) >= 11 is 0. The summed E-state index contributed by atoms with van der Waals surface area (Å²) in [5.74, 6) is -2.34. The van der Waals surface area contributed by atoms with Crippen LogP contribution in [0.4, 0.5) is 5.69 Å². The number of rotatable bonds is 5. The lowest BCUT2D eigenvalue weighted by atomic mass is 10.1. The van der Waals surface area contributed by atoms with Crippen LogP contribution in [0.15, 0.2) is 54.6 Å². The van der Waals surface area contributed by atoms with Gasteiger partial charge < -0.3 is 9.64 Å². The number of esters is 1. The zero-order valence-electron chi connectivity index (χ0n) is 14.9. The van der Waals surface area contributed by atoms with Gasteiger partial charge >= 0.3 is 5.97 Å². The summed E-state index contributed by atoms with van der Waals surface area (Å²) in [7, 11) is 1.57. The van der Waals surface area contributed by atoms with Crippen LogP contribution in [-0.2, 0) is 14.3 Å². The predicted octanol–water partition coefficient (Wildman–Crippen LogP) is 1.88. The molecule has 138 valence electrons. The summed E-state index contributed by atoms with van der Waals surface area (Å²) in [5.41, 5.74) is 1.16. The maximum absolute atomic E-state index is 12.4. The van der Waals surface area contributed by atoms with E-state index in [0.29, 0.717) is 5.69 Å². The zero-order chi connectivity index (χ0) is 19.6. The summed E-state index contributed by atoms with van der Waals surface area (Å²) in [6.45, 7) is 0.910. The van der Waals surface area contributed by atoms with Crippen LogP contribution >= 0.6 is 0 Å². The van der Waals surface area contributed by atoms with E-state index < -0.39 is 36.3 Å². The Morgan fingerprint density at radius 2 is 1.48 bits per heavy atom. The average molecular weight is 366 g/mol. The Labute approximate surface area is 156 Å². The molecule has 1 unspecified atom stereocenters. The van der Waals surface area contributed by atoms with E-state index in [1.54, 1.807) is 43.4 Å². The molecule has 0 bridgehead atoms. The predicted molar refractivity (Wildman–Crippen MR) is 97.2 cm³/mol. The highest BCUT2D eigenvalue weighted by atomic mass is 16.5. The van der Waals surface area contributed by atoms with Crippen LogP contribution < -0.4 is 4.90 Å². The van der Waals surface area contributed by atoms with Crippen LogP contribution in [0.1, 0.15) is 27.6 Å². The Bertz CT molecular complexity index is 875. The summed E-state index contributed by atoms with van der Waals surface area (Å²) in [6.07, 6.45) is 0. The van der Waals surface area contributed by atoms with Crippen molar-refractivity contribution in [2.45, 2.75) is 13.0 Å². The quantitative estimate of drug-likeness (QED) is 0.596. The Hall–Kier alpha value is -3.48. The number of amides is 3. The third-order valence-electron chi connectivity index (χ3n) is 4.41. The van der Waals surface area contributed by atoms with Gasteiger partial charge in [-0.05, 0) is 31.2 Å². The molecule has 1 heterocycles. The molecule has 1 aliphatic rings. The molecule has 3 rings (SSSR count). The molecular weight excluding hydrogens is 348 g/mol. The first-order valence-corrected chi connectivity index (χ1v) is 8.37. The van der Waals surface area contributed by atoms with Crippen LogP contribution in [-0.4, -0.2) is 48.3 Å². The number of nitrogens with zero attached hydrogens (tertiary/aromatic N) is 2. The Balaban J connectivity index is 1.63. The molecule has 1 aliphatic heterocycles. The minimum absolute atomic E-state index is 0.252. The minimum Gasteiger partial charge on any atom is -0.454 e. The van der Waals surface area contributed by atoms with Gasteiger partial charge in [-0.25, -0.2) is 4.79 Å². The molecule has 0 radical (unpaired) electrons. The zero-order valence-corrected chi connectivity index (χ0v) is 14.9. The molecule has 1 atom stereocenters. The number of fused-ring (bicyclic) bond motifs is 1. The number of benzene rings is 2. The van der Waals surface area contributed by atoms with Crippen molar-refractivity contribution in [1.29, 1.82) is 0 Å². The van der Waals surface area contributed by atoms with E-state index in [4.69, 9.17) is 4.74 Å². The first-order chi connectivity index (χ1) is 12.9. The summed E-state index contributed by atoms with van der Waals surface area (Å²) in [4.78, 5) is 51.5. The number of carbonyl (C=O) groups is 4. The number of carbonyl (C=O) groups excluding carboxylic acids is 4. The highest BCUT2D eigenvalue weighted by Gasteiger charge is 2.41. The van der Waals surface area contributed by atoms with Crippen LogP contribution in [0.5, 0.6) is 0 Å². The number of ether oxygens (including phenoxy) is 1. The highest BCUT2D eigenvalue weighted by molar-refractivity contribution is 6.22. The monoisotopic (exact) mass is 366 g/mol. The van der Waals surface area contributed by atoms with Gasteiger partial charge in [-0.3, -0.25) is 19.3 Å². The van der Waals surface area contributed by atoms with Crippen LogP contribution in [0.2, 0.25) is 0 Å². The molecule has 0 N–H and O–H groups in total. The Kier molecular flexibility index (Phi) is 5.03. The molecule has 3 amide bonds. The molecule has 2 aromatic rings. The number of hydrogen-bond acceptors (Lipinski definition) is 5. The topological polar surface area (TPSA) is 84.0 Å². The van der Waals surface area contributed by atoms with Crippen molar-refractivity contribution in [3.05, 3.63) is 65.7 Å². The second kappa shape index (κ2) is 7.41. The molecule has 27 heavy (non-hydrogen) atoms. The minimum atomic E-state index is -1.13.